The molecule has 14 heavy (non-hydrogen) atoms. The third-order valence-electron chi connectivity index (χ3n) is 2.47. The Kier molecular flexibility index (Phi) is 4.19. The smallest absolute Gasteiger partial charge is 0.389 e. The van der Waals surface area contributed by atoms with Crippen LogP contribution < -0.4 is 0 Å². The van der Waals surface area contributed by atoms with Crippen LogP contribution in [0.5, 0.6) is 0 Å². The van der Waals surface area contributed by atoms with Crippen LogP contribution >= 0.6 is 0 Å². The molecule has 1 aliphatic rings. The molecule has 5 heteroatoms. The highest BCUT2D eigenvalue weighted by Crippen LogP contribution is 2.25. The summed E-state index contributed by atoms with van der Waals surface area (Å²) in [6.45, 7) is 1.09. The molecule has 1 rings (SSSR count). The number of alkyl halides is 3. The zero-order valence-electron chi connectivity index (χ0n) is 7.89. The van der Waals surface area contributed by atoms with E-state index in [2.05, 4.69) is 0 Å². The molecule has 2 atom stereocenters. The Morgan fingerprint density at radius 3 is 2.64 bits per heavy atom. The Hall–Kier alpha value is -0.290. The monoisotopic (exact) mass is 212 g/mol. The second-order valence-corrected chi connectivity index (χ2v) is 3.70. The van der Waals surface area contributed by atoms with Gasteiger partial charge >= 0.3 is 6.18 Å². The van der Waals surface area contributed by atoms with Gasteiger partial charge in [0.1, 0.15) is 0 Å². The second-order valence-electron chi connectivity index (χ2n) is 3.70. The van der Waals surface area contributed by atoms with Crippen molar-refractivity contribution in [2.24, 2.45) is 5.92 Å². The minimum Gasteiger partial charge on any atom is -0.393 e. The minimum atomic E-state index is -4.11. The van der Waals surface area contributed by atoms with E-state index in [0.717, 1.165) is 6.42 Å². The lowest BCUT2D eigenvalue weighted by Gasteiger charge is -2.16. The quantitative estimate of drug-likeness (QED) is 0.773. The standard InChI is InChI=1S/C9H15F3O2/c10-9(11,12)4-1-2-8(13)7-3-5-14-6-7/h7-8,13H,1-6H2. The van der Waals surface area contributed by atoms with Gasteiger partial charge in [0, 0.05) is 18.9 Å². The highest BCUT2D eigenvalue weighted by Gasteiger charge is 2.28. The molecule has 0 amide bonds. The zero-order valence-corrected chi connectivity index (χ0v) is 7.89. The molecule has 0 radical (unpaired) electrons. The van der Waals surface area contributed by atoms with E-state index >= 15 is 0 Å². The number of rotatable bonds is 4. The van der Waals surface area contributed by atoms with Gasteiger partial charge in [0.2, 0.25) is 0 Å². The van der Waals surface area contributed by atoms with Crippen LogP contribution in [0.1, 0.15) is 25.7 Å². The minimum absolute atomic E-state index is 0.00116. The van der Waals surface area contributed by atoms with Gasteiger partial charge in [0.05, 0.1) is 12.7 Å². The molecule has 1 heterocycles. The fourth-order valence-corrected chi connectivity index (χ4v) is 1.60. The molecule has 0 saturated carbocycles. The van der Waals surface area contributed by atoms with Gasteiger partial charge in [-0.2, -0.15) is 13.2 Å². The topological polar surface area (TPSA) is 29.5 Å². The van der Waals surface area contributed by atoms with Gasteiger partial charge in [0.25, 0.3) is 0 Å². The van der Waals surface area contributed by atoms with Crippen molar-refractivity contribution in [3.05, 3.63) is 0 Å². The summed E-state index contributed by atoms with van der Waals surface area (Å²) in [5.74, 6) is 0.0308. The Labute approximate surface area is 81.1 Å². The van der Waals surface area contributed by atoms with Gasteiger partial charge in [0.15, 0.2) is 0 Å². The van der Waals surface area contributed by atoms with Crippen LogP contribution in [0.4, 0.5) is 13.2 Å². The van der Waals surface area contributed by atoms with Crippen LogP contribution in [0.25, 0.3) is 0 Å². The maximum absolute atomic E-state index is 11.8. The first-order valence-electron chi connectivity index (χ1n) is 4.81. The molecular formula is C9H15F3O2. The van der Waals surface area contributed by atoms with E-state index in [1.807, 2.05) is 0 Å². The molecule has 0 aromatic heterocycles. The van der Waals surface area contributed by atoms with Crippen molar-refractivity contribution < 1.29 is 23.0 Å². The van der Waals surface area contributed by atoms with Crippen LogP contribution in [-0.2, 0) is 4.74 Å². The summed E-state index contributed by atoms with van der Waals surface area (Å²) >= 11 is 0. The maximum atomic E-state index is 11.8. The van der Waals surface area contributed by atoms with E-state index in [1.54, 1.807) is 0 Å². The summed E-state index contributed by atoms with van der Waals surface area (Å²) < 4.78 is 40.4. The van der Waals surface area contributed by atoms with Crippen molar-refractivity contribution in [3.8, 4) is 0 Å². The molecule has 1 N–H and O–H groups in total. The van der Waals surface area contributed by atoms with Gasteiger partial charge in [-0.3, -0.25) is 0 Å². The Morgan fingerprint density at radius 2 is 2.14 bits per heavy atom. The molecule has 0 aliphatic carbocycles. The van der Waals surface area contributed by atoms with Crippen LogP contribution in [0.15, 0.2) is 0 Å². The number of aliphatic hydroxyl groups excluding tert-OH is 1. The molecule has 1 saturated heterocycles. The Morgan fingerprint density at radius 1 is 1.43 bits per heavy atom. The normalized spacial score (nSPS) is 25.3. The lowest BCUT2D eigenvalue weighted by Crippen LogP contribution is -2.21. The van der Waals surface area contributed by atoms with Crippen molar-refractivity contribution in [2.75, 3.05) is 13.2 Å². The van der Waals surface area contributed by atoms with E-state index < -0.39 is 18.7 Å². The largest absolute Gasteiger partial charge is 0.393 e. The van der Waals surface area contributed by atoms with Gasteiger partial charge in [-0.05, 0) is 19.3 Å². The van der Waals surface area contributed by atoms with Crippen LogP contribution in [-0.4, -0.2) is 30.6 Å². The molecule has 0 aromatic rings. The average Bonchev–Trinajstić information content (AvgIpc) is 2.53. The van der Waals surface area contributed by atoms with E-state index in [9.17, 15) is 18.3 Å². The number of hydrogen-bond donors (Lipinski definition) is 1. The summed E-state index contributed by atoms with van der Waals surface area (Å²) in [4.78, 5) is 0. The highest BCUT2D eigenvalue weighted by atomic mass is 19.4. The van der Waals surface area contributed by atoms with Gasteiger partial charge in [-0.15, -0.1) is 0 Å². The first kappa shape index (κ1) is 11.8. The lowest BCUT2D eigenvalue weighted by molar-refractivity contribution is -0.136. The molecule has 2 nitrogen and oxygen atoms in total. The Balaban J connectivity index is 2.11. The first-order valence-corrected chi connectivity index (χ1v) is 4.81. The SMILES string of the molecule is OC(CCCC(F)(F)F)C1CCOC1. The van der Waals surface area contributed by atoms with E-state index in [1.165, 1.54) is 0 Å². The highest BCUT2D eigenvalue weighted by molar-refractivity contribution is 4.72. The van der Waals surface area contributed by atoms with Gasteiger partial charge in [-0.25, -0.2) is 0 Å². The average molecular weight is 212 g/mol. The van der Waals surface area contributed by atoms with Crippen molar-refractivity contribution in [3.63, 3.8) is 0 Å². The fraction of sp³-hybridized carbons (Fsp3) is 1.00. The molecule has 1 aliphatic heterocycles. The summed E-state index contributed by atoms with van der Waals surface area (Å²) in [6, 6.07) is 0. The molecule has 0 bridgehead atoms. The van der Waals surface area contributed by atoms with Crippen LogP contribution in [0.2, 0.25) is 0 Å². The molecule has 0 spiro atoms. The van der Waals surface area contributed by atoms with Gasteiger partial charge in [-0.1, -0.05) is 0 Å². The molecule has 1 fully saturated rings. The number of halogens is 3. The maximum Gasteiger partial charge on any atom is 0.389 e. The number of hydrogen-bond acceptors (Lipinski definition) is 2. The summed E-state index contributed by atoms with van der Waals surface area (Å²) in [7, 11) is 0. The van der Waals surface area contributed by atoms with Crippen molar-refractivity contribution in [1.82, 2.24) is 0 Å². The third-order valence-corrected chi connectivity index (χ3v) is 2.47. The van der Waals surface area contributed by atoms with E-state index in [0.29, 0.717) is 13.2 Å². The molecular weight excluding hydrogens is 197 g/mol. The van der Waals surface area contributed by atoms with Crippen LogP contribution in [0.3, 0.4) is 0 Å². The van der Waals surface area contributed by atoms with E-state index in [-0.39, 0.29) is 18.8 Å². The second kappa shape index (κ2) is 4.98. The van der Waals surface area contributed by atoms with Gasteiger partial charge < -0.3 is 9.84 Å². The molecule has 0 aromatic carbocycles. The lowest BCUT2D eigenvalue weighted by atomic mass is 9.97. The van der Waals surface area contributed by atoms with Crippen LogP contribution in [0, 0.1) is 5.92 Å². The predicted octanol–water partition coefficient (Wildman–Crippen LogP) is 2.12. The first-order chi connectivity index (χ1) is 6.49. The fourth-order valence-electron chi connectivity index (χ4n) is 1.60. The van der Waals surface area contributed by atoms with Crippen molar-refractivity contribution in [2.45, 2.75) is 38.0 Å². The zero-order chi connectivity index (χ0) is 10.6. The molecule has 2 unspecified atom stereocenters. The summed E-state index contributed by atoms with van der Waals surface area (Å²) in [6.07, 6.45) is -4.58. The third kappa shape index (κ3) is 4.28. The van der Waals surface area contributed by atoms with Crippen molar-refractivity contribution in [1.29, 1.82) is 0 Å². The predicted molar refractivity (Wildman–Crippen MR) is 44.8 cm³/mol. The molecule has 84 valence electrons. The summed E-state index contributed by atoms with van der Waals surface area (Å²) in [5, 5.41) is 9.50. The number of aliphatic hydroxyl groups is 1. The Bertz CT molecular complexity index is 164. The van der Waals surface area contributed by atoms with E-state index in [4.69, 9.17) is 4.74 Å². The summed E-state index contributed by atoms with van der Waals surface area (Å²) in [5.41, 5.74) is 0. The number of ether oxygens (including phenoxy) is 1. The van der Waals surface area contributed by atoms with Crippen molar-refractivity contribution >= 4 is 0 Å².